The molecule has 4 nitrogen and oxygen atoms in total. The van der Waals surface area contributed by atoms with Crippen molar-refractivity contribution in [3.05, 3.63) is 46.8 Å². The van der Waals surface area contributed by atoms with Crippen molar-refractivity contribution < 1.29 is 4.79 Å². The van der Waals surface area contributed by atoms with E-state index in [9.17, 15) is 4.79 Å². The number of nitrogens with one attached hydrogen (secondary N) is 1. The Labute approximate surface area is 142 Å². The second-order valence-electron chi connectivity index (χ2n) is 5.60. The fourth-order valence-corrected chi connectivity index (χ4v) is 2.93. The summed E-state index contributed by atoms with van der Waals surface area (Å²) in [6, 6.07) is 7.93. The fraction of sp³-hybridized carbons (Fsp3) is 0.389. The molecule has 1 N–H and O–H groups in total. The molecule has 0 aliphatic carbocycles. The van der Waals surface area contributed by atoms with E-state index in [1.54, 1.807) is 0 Å². The average Bonchev–Trinajstić information content (AvgIpc) is 2.53. The zero-order valence-corrected chi connectivity index (χ0v) is 15.1. The number of rotatable bonds is 5. The van der Waals surface area contributed by atoms with Crippen LogP contribution in [0, 0.1) is 20.8 Å². The first-order valence-corrected chi connectivity index (χ1v) is 8.67. The number of carbonyl (C=O) groups excluding carboxylic acids is 1. The van der Waals surface area contributed by atoms with Gasteiger partial charge in [0.15, 0.2) is 5.16 Å². The summed E-state index contributed by atoms with van der Waals surface area (Å²) in [5.74, 6) is -0.0428. The van der Waals surface area contributed by atoms with Gasteiger partial charge < -0.3 is 5.32 Å². The van der Waals surface area contributed by atoms with Gasteiger partial charge in [-0.2, -0.15) is 0 Å². The molecule has 0 radical (unpaired) electrons. The third kappa shape index (κ3) is 4.55. The largest absolute Gasteiger partial charge is 0.325 e. The molecule has 0 aliphatic heterocycles. The van der Waals surface area contributed by atoms with Gasteiger partial charge in [-0.3, -0.25) is 4.79 Å². The number of nitrogens with zero attached hydrogens (tertiary/aromatic N) is 2. The Balaban J connectivity index is 2.02. The van der Waals surface area contributed by atoms with Gasteiger partial charge in [0.25, 0.3) is 0 Å². The second kappa shape index (κ2) is 7.59. The van der Waals surface area contributed by atoms with Crippen LogP contribution in [0.2, 0.25) is 0 Å². The topological polar surface area (TPSA) is 54.9 Å². The van der Waals surface area contributed by atoms with Crippen molar-refractivity contribution in [1.29, 1.82) is 0 Å². The molecule has 1 aromatic heterocycles. The number of benzene rings is 1. The van der Waals surface area contributed by atoms with E-state index >= 15 is 0 Å². The maximum atomic E-state index is 12.3. The summed E-state index contributed by atoms with van der Waals surface area (Å²) in [5.41, 5.74) is 5.09. The van der Waals surface area contributed by atoms with Crippen LogP contribution in [-0.2, 0) is 11.2 Å². The zero-order valence-electron chi connectivity index (χ0n) is 14.3. The van der Waals surface area contributed by atoms with Crippen molar-refractivity contribution in [1.82, 2.24) is 9.97 Å². The predicted octanol–water partition coefficient (Wildman–Crippen LogP) is 4.08. The van der Waals surface area contributed by atoms with Crippen molar-refractivity contribution in [3.63, 3.8) is 0 Å². The van der Waals surface area contributed by atoms with Gasteiger partial charge in [0.2, 0.25) is 5.91 Å². The van der Waals surface area contributed by atoms with E-state index in [0.717, 1.165) is 29.1 Å². The van der Waals surface area contributed by atoms with Gasteiger partial charge >= 0.3 is 0 Å². The number of hydrogen-bond donors (Lipinski definition) is 1. The van der Waals surface area contributed by atoms with Gasteiger partial charge in [-0.05, 0) is 57.4 Å². The third-order valence-corrected chi connectivity index (χ3v) is 4.85. The number of aromatic nitrogens is 2. The molecule has 2 aromatic rings. The Hall–Kier alpha value is -1.88. The monoisotopic (exact) mass is 329 g/mol. The minimum absolute atomic E-state index is 0.0428. The fourth-order valence-electron chi connectivity index (χ4n) is 2.07. The van der Waals surface area contributed by atoms with Crippen LogP contribution in [0.5, 0.6) is 0 Å². The zero-order chi connectivity index (χ0) is 17.0. The Bertz CT molecular complexity index is 675. The molecule has 0 unspecified atom stereocenters. The van der Waals surface area contributed by atoms with Crippen LogP contribution in [0.4, 0.5) is 5.69 Å². The number of thioether (sulfide) groups is 1. The van der Waals surface area contributed by atoms with Crippen LogP contribution < -0.4 is 5.32 Å². The summed E-state index contributed by atoms with van der Waals surface area (Å²) in [6.45, 7) is 9.92. The Morgan fingerprint density at radius 1 is 1.13 bits per heavy atom. The molecule has 1 atom stereocenters. The normalized spacial score (nSPS) is 12.0. The van der Waals surface area contributed by atoms with Crippen LogP contribution >= 0.6 is 11.8 Å². The van der Waals surface area contributed by atoms with E-state index in [0.29, 0.717) is 5.16 Å². The van der Waals surface area contributed by atoms with E-state index in [2.05, 4.69) is 22.2 Å². The van der Waals surface area contributed by atoms with Crippen LogP contribution in [0.15, 0.2) is 29.4 Å². The molecule has 0 saturated carbocycles. The summed E-state index contributed by atoms with van der Waals surface area (Å²) in [4.78, 5) is 21.2. The molecule has 23 heavy (non-hydrogen) atoms. The van der Waals surface area contributed by atoms with Gasteiger partial charge in [0, 0.05) is 17.1 Å². The highest BCUT2D eigenvalue weighted by atomic mass is 32.2. The number of aryl methyl sites for hydroxylation is 3. The molecule has 0 fully saturated rings. The molecule has 1 amide bonds. The minimum Gasteiger partial charge on any atom is -0.325 e. The highest BCUT2D eigenvalue weighted by Crippen LogP contribution is 2.23. The summed E-state index contributed by atoms with van der Waals surface area (Å²) in [5, 5.41) is 3.32. The van der Waals surface area contributed by atoms with Crippen molar-refractivity contribution in [2.45, 2.75) is 51.4 Å². The first-order valence-electron chi connectivity index (χ1n) is 7.79. The lowest BCUT2D eigenvalue weighted by molar-refractivity contribution is -0.115. The number of carbonyl (C=O) groups is 1. The molecular weight excluding hydrogens is 306 g/mol. The molecule has 0 saturated heterocycles. The summed E-state index contributed by atoms with van der Waals surface area (Å²) >= 11 is 1.38. The van der Waals surface area contributed by atoms with Gasteiger partial charge in [-0.15, -0.1) is 0 Å². The van der Waals surface area contributed by atoms with E-state index in [4.69, 9.17) is 0 Å². The molecule has 0 aliphatic rings. The summed E-state index contributed by atoms with van der Waals surface area (Å²) < 4.78 is 0. The molecule has 0 spiro atoms. The molecule has 2 rings (SSSR count). The van der Waals surface area contributed by atoms with Crippen molar-refractivity contribution in [2.24, 2.45) is 0 Å². The SMILES string of the molecule is CCc1ccc(NC(=O)[C@@H](C)Sc2nc(C)c(C)c(C)n2)cc1. The van der Waals surface area contributed by atoms with Crippen molar-refractivity contribution in [3.8, 4) is 0 Å². The van der Waals surface area contributed by atoms with Gasteiger partial charge in [-0.1, -0.05) is 30.8 Å². The van der Waals surface area contributed by atoms with Crippen LogP contribution in [0.3, 0.4) is 0 Å². The quantitative estimate of drug-likeness (QED) is 0.663. The Kier molecular flexibility index (Phi) is 5.77. The lowest BCUT2D eigenvalue weighted by atomic mass is 10.1. The van der Waals surface area contributed by atoms with E-state index < -0.39 is 0 Å². The Morgan fingerprint density at radius 3 is 2.22 bits per heavy atom. The third-order valence-electron chi connectivity index (χ3n) is 3.89. The molecule has 122 valence electrons. The molecule has 1 aromatic carbocycles. The number of hydrogen-bond acceptors (Lipinski definition) is 4. The maximum Gasteiger partial charge on any atom is 0.237 e. The second-order valence-corrected chi connectivity index (χ2v) is 6.91. The van der Waals surface area contributed by atoms with Crippen molar-refractivity contribution >= 4 is 23.4 Å². The summed E-state index contributed by atoms with van der Waals surface area (Å²) in [7, 11) is 0. The van der Waals surface area contributed by atoms with E-state index in [1.807, 2.05) is 52.0 Å². The maximum absolute atomic E-state index is 12.3. The van der Waals surface area contributed by atoms with Crippen LogP contribution in [0.25, 0.3) is 0 Å². The first kappa shape index (κ1) is 17.5. The van der Waals surface area contributed by atoms with Crippen LogP contribution in [0.1, 0.15) is 36.4 Å². The van der Waals surface area contributed by atoms with E-state index in [1.165, 1.54) is 17.3 Å². The first-order chi connectivity index (χ1) is 10.9. The van der Waals surface area contributed by atoms with Crippen molar-refractivity contribution in [2.75, 3.05) is 5.32 Å². The standard InChI is InChI=1S/C18H23N3OS/c1-6-15-7-9-16(10-8-15)21-17(22)14(5)23-18-19-12(3)11(2)13(4)20-18/h7-10,14H,6H2,1-5H3,(H,21,22)/t14-/m1/s1. The minimum atomic E-state index is -0.262. The Morgan fingerprint density at radius 2 is 1.70 bits per heavy atom. The van der Waals surface area contributed by atoms with Crippen LogP contribution in [-0.4, -0.2) is 21.1 Å². The lowest BCUT2D eigenvalue weighted by Gasteiger charge is -2.13. The lowest BCUT2D eigenvalue weighted by Crippen LogP contribution is -2.22. The molecule has 1 heterocycles. The van der Waals surface area contributed by atoms with Gasteiger partial charge in [-0.25, -0.2) is 9.97 Å². The molecule has 0 bridgehead atoms. The predicted molar refractivity (Wildman–Crippen MR) is 96.0 cm³/mol. The molecular formula is C18H23N3OS. The average molecular weight is 329 g/mol. The number of amides is 1. The summed E-state index contributed by atoms with van der Waals surface area (Å²) in [6.07, 6.45) is 0.990. The van der Waals surface area contributed by atoms with Gasteiger partial charge in [0.1, 0.15) is 0 Å². The highest BCUT2D eigenvalue weighted by molar-refractivity contribution is 8.00. The van der Waals surface area contributed by atoms with Gasteiger partial charge in [0.05, 0.1) is 5.25 Å². The molecule has 5 heteroatoms. The van der Waals surface area contributed by atoms with E-state index in [-0.39, 0.29) is 11.2 Å². The highest BCUT2D eigenvalue weighted by Gasteiger charge is 2.17. The smallest absolute Gasteiger partial charge is 0.237 e. The number of anilines is 1.